The Kier molecular flexibility index (Phi) is 3.19. The number of H-pyrrole nitrogens is 2. The van der Waals surface area contributed by atoms with E-state index in [1.807, 2.05) is 18.2 Å². The molecule has 120 valence electrons. The average molecular weight is 322 g/mol. The Balaban J connectivity index is 2.06. The van der Waals surface area contributed by atoms with Crippen molar-refractivity contribution in [2.45, 2.75) is 0 Å². The number of aromatic nitrogens is 4. The van der Waals surface area contributed by atoms with Crippen molar-refractivity contribution in [3.05, 3.63) is 46.9 Å². The Hall–Kier alpha value is -3.35. The number of benzene rings is 1. The van der Waals surface area contributed by atoms with E-state index in [1.54, 1.807) is 32.5 Å². The summed E-state index contributed by atoms with van der Waals surface area (Å²) in [4.78, 5) is 27.1. The van der Waals surface area contributed by atoms with Crippen LogP contribution >= 0.6 is 0 Å². The molecule has 3 aromatic heterocycles. The topological polar surface area (TPSA) is 92.9 Å². The highest BCUT2D eigenvalue weighted by Gasteiger charge is 2.15. The van der Waals surface area contributed by atoms with Crippen molar-refractivity contribution < 1.29 is 9.47 Å². The first-order valence-corrected chi connectivity index (χ1v) is 7.30. The molecule has 0 saturated carbocycles. The maximum absolute atomic E-state index is 12.4. The molecule has 0 saturated heterocycles. The summed E-state index contributed by atoms with van der Waals surface area (Å²) in [7, 11) is 3.13. The molecule has 0 aliphatic rings. The number of hydrogen-bond donors (Lipinski definition) is 2. The van der Waals surface area contributed by atoms with E-state index in [1.165, 1.54) is 0 Å². The van der Waals surface area contributed by atoms with Crippen LogP contribution < -0.4 is 15.0 Å². The Morgan fingerprint density at radius 3 is 2.54 bits per heavy atom. The van der Waals surface area contributed by atoms with Crippen molar-refractivity contribution in [3.8, 4) is 23.0 Å². The van der Waals surface area contributed by atoms with E-state index in [9.17, 15) is 4.79 Å². The second-order valence-electron chi connectivity index (χ2n) is 5.23. The lowest BCUT2D eigenvalue weighted by atomic mass is 10.2. The van der Waals surface area contributed by atoms with Crippen molar-refractivity contribution >= 4 is 21.9 Å². The predicted octanol–water partition coefficient (Wildman–Crippen LogP) is 2.48. The van der Waals surface area contributed by atoms with Gasteiger partial charge < -0.3 is 19.4 Å². The van der Waals surface area contributed by atoms with Gasteiger partial charge in [-0.1, -0.05) is 6.07 Å². The molecule has 0 amide bonds. The van der Waals surface area contributed by atoms with Crippen molar-refractivity contribution in [1.29, 1.82) is 0 Å². The van der Waals surface area contributed by atoms with Crippen LogP contribution in [0.2, 0.25) is 0 Å². The summed E-state index contributed by atoms with van der Waals surface area (Å²) in [6.45, 7) is 0. The second kappa shape index (κ2) is 5.38. The lowest BCUT2D eigenvalue weighted by molar-refractivity contribution is 0.356. The van der Waals surface area contributed by atoms with Gasteiger partial charge in [0.05, 0.1) is 19.7 Å². The number of pyridine rings is 1. The van der Waals surface area contributed by atoms with Gasteiger partial charge in [-0.25, -0.2) is 4.98 Å². The maximum atomic E-state index is 12.4. The Morgan fingerprint density at radius 2 is 1.83 bits per heavy atom. The molecule has 0 atom stereocenters. The van der Waals surface area contributed by atoms with Crippen LogP contribution in [0.25, 0.3) is 33.5 Å². The molecule has 4 rings (SSSR count). The summed E-state index contributed by atoms with van der Waals surface area (Å²) in [5.74, 6) is 1.58. The number of methoxy groups -OCH3 is 2. The van der Waals surface area contributed by atoms with E-state index in [4.69, 9.17) is 9.47 Å². The van der Waals surface area contributed by atoms with Gasteiger partial charge in [0.1, 0.15) is 16.7 Å². The number of nitrogens with one attached hydrogen (secondary N) is 2. The van der Waals surface area contributed by atoms with Crippen LogP contribution in [0.3, 0.4) is 0 Å². The van der Waals surface area contributed by atoms with Crippen molar-refractivity contribution in [2.24, 2.45) is 0 Å². The van der Waals surface area contributed by atoms with Gasteiger partial charge in [-0.2, -0.15) is 0 Å². The van der Waals surface area contributed by atoms with E-state index >= 15 is 0 Å². The summed E-state index contributed by atoms with van der Waals surface area (Å²) in [5, 5.41) is 0.783. The molecule has 7 nitrogen and oxygen atoms in total. The fraction of sp³-hybridized carbons (Fsp3) is 0.118. The summed E-state index contributed by atoms with van der Waals surface area (Å²) in [5.41, 5.74) is 2.07. The molecule has 0 radical (unpaired) electrons. The normalized spacial score (nSPS) is 11.1. The summed E-state index contributed by atoms with van der Waals surface area (Å²) in [6.07, 6.45) is 1.66. The molecular formula is C17H14N4O3. The molecule has 7 heteroatoms. The Labute approximate surface area is 136 Å². The standard InChI is InChI=1S/C17H14N4O3/c1-23-12-7-9-11(8-13(12)24-2)19-15-14(9)20-16(21-17(15)22)10-5-3-4-6-18-10/h3-8,19H,1-2H3,(H,20,21,22). The first kappa shape index (κ1) is 14.3. The third-order valence-corrected chi connectivity index (χ3v) is 3.87. The van der Waals surface area contributed by atoms with Crippen LogP contribution in [0.5, 0.6) is 11.5 Å². The van der Waals surface area contributed by atoms with E-state index in [-0.39, 0.29) is 5.56 Å². The SMILES string of the molecule is COc1cc2[nH]c3c(=O)[nH]c(-c4ccccn4)nc3c2cc1OC. The molecule has 0 unspecified atom stereocenters. The monoisotopic (exact) mass is 322 g/mol. The molecule has 4 aromatic rings. The minimum Gasteiger partial charge on any atom is -0.493 e. The van der Waals surface area contributed by atoms with Crippen LogP contribution in [0.4, 0.5) is 0 Å². The maximum Gasteiger partial charge on any atom is 0.275 e. The highest BCUT2D eigenvalue weighted by atomic mass is 16.5. The molecule has 0 aliphatic carbocycles. The van der Waals surface area contributed by atoms with Gasteiger partial charge >= 0.3 is 0 Å². The fourth-order valence-corrected chi connectivity index (χ4v) is 2.72. The molecule has 2 N–H and O–H groups in total. The van der Waals surface area contributed by atoms with Gasteiger partial charge in [-0.3, -0.25) is 9.78 Å². The molecule has 0 bridgehead atoms. The largest absolute Gasteiger partial charge is 0.493 e. The van der Waals surface area contributed by atoms with Gasteiger partial charge in [0, 0.05) is 17.6 Å². The van der Waals surface area contributed by atoms with Gasteiger partial charge in [0.2, 0.25) is 0 Å². The van der Waals surface area contributed by atoms with E-state index in [2.05, 4.69) is 19.9 Å². The third-order valence-electron chi connectivity index (χ3n) is 3.87. The number of nitrogens with zero attached hydrogens (tertiary/aromatic N) is 2. The number of hydrogen-bond acceptors (Lipinski definition) is 5. The van der Waals surface area contributed by atoms with Crippen molar-refractivity contribution in [1.82, 2.24) is 19.9 Å². The molecule has 3 heterocycles. The van der Waals surface area contributed by atoms with Crippen LogP contribution in [-0.2, 0) is 0 Å². The van der Waals surface area contributed by atoms with Crippen LogP contribution in [0.1, 0.15) is 0 Å². The van der Waals surface area contributed by atoms with E-state index in [0.717, 1.165) is 10.9 Å². The minimum absolute atomic E-state index is 0.255. The Morgan fingerprint density at radius 1 is 1.04 bits per heavy atom. The fourth-order valence-electron chi connectivity index (χ4n) is 2.72. The van der Waals surface area contributed by atoms with Gasteiger partial charge in [-0.05, 0) is 18.2 Å². The van der Waals surface area contributed by atoms with Crippen molar-refractivity contribution in [2.75, 3.05) is 14.2 Å². The number of rotatable bonds is 3. The van der Waals surface area contributed by atoms with Crippen LogP contribution in [0, 0.1) is 0 Å². The zero-order valence-corrected chi connectivity index (χ0v) is 13.1. The zero-order chi connectivity index (χ0) is 16.7. The summed E-state index contributed by atoms with van der Waals surface area (Å²) in [6, 6.07) is 9.04. The highest BCUT2D eigenvalue weighted by Crippen LogP contribution is 2.34. The number of ether oxygens (including phenoxy) is 2. The first-order valence-electron chi connectivity index (χ1n) is 7.30. The van der Waals surface area contributed by atoms with Crippen LogP contribution in [0.15, 0.2) is 41.3 Å². The second-order valence-corrected chi connectivity index (χ2v) is 5.23. The Bertz CT molecular complexity index is 1100. The zero-order valence-electron chi connectivity index (χ0n) is 13.1. The van der Waals surface area contributed by atoms with Gasteiger partial charge in [0.15, 0.2) is 17.3 Å². The van der Waals surface area contributed by atoms with Crippen molar-refractivity contribution in [3.63, 3.8) is 0 Å². The quantitative estimate of drug-likeness (QED) is 0.604. The number of fused-ring (bicyclic) bond motifs is 3. The van der Waals surface area contributed by atoms with Gasteiger partial charge in [-0.15, -0.1) is 0 Å². The molecular weight excluding hydrogens is 308 g/mol. The molecule has 0 aliphatic heterocycles. The predicted molar refractivity (Wildman–Crippen MR) is 90.6 cm³/mol. The van der Waals surface area contributed by atoms with Crippen LogP contribution in [-0.4, -0.2) is 34.2 Å². The molecule has 0 fully saturated rings. The average Bonchev–Trinajstić information content (AvgIpc) is 2.99. The highest BCUT2D eigenvalue weighted by molar-refractivity contribution is 6.06. The molecule has 24 heavy (non-hydrogen) atoms. The number of aromatic amines is 2. The molecule has 0 spiro atoms. The summed E-state index contributed by atoms with van der Waals surface area (Å²) >= 11 is 0. The van der Waals surface area contributed by atoms with Gasteiger partial charge in [0.25, 0.3) is 5.56 Å². The van der Waals surface area contributed by atoms with E-state index in [0.29, 0.717) is 34.1 Å². The third kappa shape index (κ3) is 2.10. The molecule has 1 aromatic carbocycles. The summed E-state index contributed by atoms with van der Waals surface area (Å²) < 4.78 is 10.6. The lowest BCUT2D eigenvalue weighted by Gasteiger charge is -2.07. The lowest BCUT2D eigenvalue weighted by Crippen LogP contribution is -2.09. The van der Waals surface area contributed by atoms with E-state index < -0.39 is 0 Å². The smallest absolute Gasteiger partial charge is 0.275 e. The minimum atomic E-state index is -0.255. The first-order chi connectivity index (χ1) is 11.7.